The van der Waals surface area contributed by atoms with Gasteiger partial charge < -0.3 is 48.9 Å². The van der Waals surface area contributed by atoms with Crippen molar-refractivity contribution in [2.75, 3.05) is 12.3 Å². The zero-order chi connectivity index (χ0) is 36.4. The van der Waals surface area contributed by atoms with E-state index >= 15 is 0 Å². The number of carboxylic acid groups (broad SMARTS) is 1. The fraction of sp³-hybridized carbons (Fsp3) is 0.767. The normalized spacial score (nSPS) is 15.1. The standard InChI is InChI=1S/C30H57N9O7S/c1-15(2)11-19(31)25(41)35-18(7)24(40)36-20(9-8-10-34-30(32)33)26(42)37-21(12-16(3)4)27(43)38-22(13-17(5)6)28(44)39-23(14-47)29(45)46/h15-23,47H,8-14,31H2,1-7H3,(H,35,41)(H,36,40)(H,37,42)(H,38,43)(H,39,44)(H,45,46)(H4,32,33,34)/t18-,19-,20-,21-,22-,23-/m0/s1. The third kappa shape index (κ3) is 18.4. The maximum Gasteiger partial charge on any atom is 0.327 e. The van der Waals surface area contributed by atoms with Gasteiger partial charge in [0.15, 0.2) is 5.96 Å². The van der Waals surface area contributed by atoms with Crippen molar-refractivity contribution in [2.45, 2.75) is 117 Å². The number of hydrogen-bond acceptors (Lipinski definition) is 9. The number of aliphatic carboxylic acids is 1. The zero-order valence-corrected chi connectivity index (χ0v) is 29.6. The molecule has 0 bridgehead atoms. The maximum absolute atomic E-state index is 13.6. The summed E-state index contributed by atoms with van der Waals surface area (Å²) in [5.74, 6) is -4.69. The molecule has 0 aliphatic carbocycles. The van der Waals surface area contributed by atoms with Gasteiger partial charge in [0.25, 0.3) is 0 Å². The maximum atomic E-state index is 13.6. The van der Waals surface area contributed by atoms with Crippen molar-refractivity contribution in [2.24, 2.45) is 39.9 Å². The molecule has 12 N–H and O–H groups in total. The Morgan fingerprint density at radius 3 is 1.47 bits per heavy atom. The second-order valence-electron chi connectivity index (χ2n) is 12.9. The van der Waals surface area contributed by atoms with Crippen molar-refractivity contribution in [3.8, 4) is 0 Å². The number of aliphatic imine (C=N–C) groups is 1. The Kier molecular flexibility index (Phi) is 20.4. The smallest absolute Gasteiger partial charge is 0.327 e. The molecule has 5 amide bonds. The van der Waals surface area contributed by atoms with Crippen molar-refractivity contribution in [1.29, 1.82) is 0 Å². The van der Waals surface area contributed by atoms with Gasteiger partial charge in [-0.1, -0.05) is 41.5 Å². The summed E-state index contributed by atoms with van der Waals surface area (Å²) in [7, 11) is 0. The van der Waals surface area contributed by atoms with Gasteiger partial charge in [0.2, 0.25) is 29.5 Å². The summed E-state index contributed by atoms with van der Waals surface area (Å²) in [6, 6.07) is -6.42. The van der Waals surface area contributed by atoms with Crippen LogP contribution in [0.4, 0.5) is 0 Å². The molecule has 47 heavy (non-hydrogen) atoms. The first-order valence-corrected chi connectivity index (χ1v) is 16.6. The Balaban J connectivity index is 5.99. The molecule has 0 radical (unpaired) electrons. The van der Waals surface area contributed by atoms with Crippen LogP contribution in [-0.2, 0) is 28.8 Å². The molecule has 0 rings (SSSR count). The van der Waals surface area contributed by atoms with Crippen LogP contribution in [0.1, 0.15) is 80.6 Å². The molecular weight excluding hydrogens is 630 g/mol. The highest BCUT2D eigenvalue weighted by Gasteiger charge is 2.32. The van der Waals surface area contributed by atoms with Crippen LogP contribution in [0.3, 0.4) is 0 Å². The average Bonchev–Trinajstić information content (AvgIpc) is 2.94. The van der Waals surface area contributed by atoms with Gasteiger partial charge in [0, 0.05) is 12.3 Å². The van der Waals surface area contributed by atoms with Crippen LogP contribution in [-0.4, -0.2) is 95.1 Å². The Morgan fingerprint density at radius 1 is 0.638 bits per heavy atom. The average molecular weight is 688 g/mol. The molecule has 0 unspecified atom stereocenters. The Bertz CT molecular complexity index is 1080. The van der Waals surface area contributed by atoms with Gasteiger partial charge in [-0.25, -0.2) is 4.79 Å². The van der Waals surface area contributed by atoms with Crippen LogP contribution in [0.25, 0.3) is 0 Å². The molecule has 6 atom stereocenters. The van der Waals surface area contributed by atoms with E-state index in [4.69, 9.17) is 17.2 Å². The molecule has 0 aromatic rings. The summed E-state index contributed by atoms with van der Waals surface area (Å²) in [4.78, 5) is 81.0. The van der Waals surface area contributed by atoms with Crippen molar-refractivity contribution in [1.82, 2.24) is 26.6 Å². The summed E-state index contributed by atoms with van der Waals surface area (Å²) in [6.45, 7) is 12.8. The van der Waals surface area contributed by atoms with Crippen LogP contribution >= 0.6 is 12.6 Å². The third-order valence-electron chi connectivity index (χ3n) is 6.87. The molecule has 0 saturated carbocycles. The fourth-order valence-electron chi connectivity index (χ4n) is 4.48. The van der Waals surface area contributed by atoms with Crippen LogP contribution in [0.15, 0.2) is 4.99 Å². The van der Waals surface area contributed by atoms with E-state index in [0.29, 0.717) is 12.8 Å². The van der Waals surface area contributed by atoms with E-state index in [1.807, 2.05) is 41.5 Å². The fourth-order valence-corrected chi connectivity index (χ4v) is 4.73. The molecule has 270 valence electrons. The molecule has 0 heterocycles. The Labute approximate surface area is 283 Å². The number of amides is 5. The minimum Gasteiger partial charge on any atom is -0.480 e. The molecule has 17 heteroatoms. The SMILES string of the molecule is CC(C)C[C@H](NC(=O)[C@H](CC(C)C)NC(=O)[C@H](CCCN=C(N)N)NC(=O)[C@H](C)NC(=O)[C@@H](N)CC(C)C)C(=O)N[C@@H](CS)C(=O)O. The van der Waals surface area contributed by atoms with Crippen LogP contribution in [0, 0.1) is 17.8 Å². The molecule has 0 spiro atoms. The van der Waals surface area contributed by atoms with Crippen molar-refractivity contribution in [3.63, 3.8) is 0 Å². The van der Waals surface area contributed by atoms with Crippen molar-refractivity contribution < 1.29 is 33.9 Å². The summed E-state index contributed by atoms with van der Waals surface area (Å²) in [5.41, 5.74) is 16.7. The lowest BCUT2D eigenvalue weighted by Gasteiger charge is -2.28. The highest BCUT2D eigenvalue weighted by molar-refractivity contribution is 7.80. The third-order valence-corrected chi connectivity index (χ3v) is 7.23. The largest absolute Gasteiger partial charge is 0.480 e. The lowest BCUT2D eigenvalue weighted by atomic mass is 9.99. The van der Waals surface area contributed by atoms with Gasteiger partial charge in [-0.3, -0.25) is 29.0 Å². The number of guanidine groups is 1. The van der Waals surface area contributed by atoms with Gasteiger partial charge in [-0.2, -0.15) is 12.6 Å². The predicted molar refractivity (Wildman–Crippen MR) is 183 cm³/mol. The van der Waals surface area contributed by atoms with Gasteiger partial charge in [0.05, 0.1) is 6.04 Å². The monoisotopic (exact) mass is 687 g/mol. The molecule has 0 saturated heterocycles. The summed E-state index contributed by atoms with van der Waals surface area (Å²) in [6.07, 6.45) is 1.20. The van der Waals surface area contributed by atoms with Gasteiger partial charge in [-0.15, -0.1) is 0 Å². The molecule has 0 fully saturated rings. The minimum absolute atomic E-state index is 0.0457. The second kappa shape index (κ2) is 22.1. The lowest BCUT2D eigenvalue weighted by Crippen LogP contribution is -2.59. The van der Waals surface area contributed by atoms with Gasteiger partial charge >= 0.3 is 5.97 Å². The Morgan fingerprint density at radius 2 is 1.06 bits per heavy atom. The van der Waals surface area contributed by atoms with E-state index in [-0.39, 0.29) is 55.3 Å². The highest BCUT2D eigenvalue weighted by atomic mass is 32.1. The number of rotatable bonds is 22. The predicted octanol–water partition coefficient (Wildman–Crippen LogP) is -1.04. The first kappa shape index (κ1) is 43.4. The zero-order valence-electron chi connectivity index (χ0n) is 28.7. The van der Waals surface area contributed by atoms with Crippen molar-refractivity contribution >= 4 is 54.1 Å². The molecule has 0 aromatic carbocycles. The number of carbonyl (C=O) groups is 6. The quantitative estimate of drug-likeness (QED) is 0.0286. The molecule has 0 aromatic heterocycles. The van der Waals surface area contributed by atoms with Gasteiger partial charge in [0.1, 0.15) is 30.2 Å². The van der Waals surface area contributed by atoms with Crippen LogP contribution in [0.5, 0.6) is 0 Å². The van der Waals surface area contributed by atoms with E-state index in [2.05, 4.69) is 44.2 Å². The summed E-state index contributed by atoms with van der Waals surface area (Å²) >= 11 is 3.97. The number of thiol groups is 1. The number of carboxylic acids is 1. The minimum atomic E-state index is -1.27. The summed E-state index contributed by atoms with van der Waals surface area (Å²) < 4.78 is 0. The highest BCUT2D eigenvalue weighted by Crippen LogP contribution is 2.11. The van der Waals surface area contributed by atoms with Crippen molar-refractivity contribution in [3.05, 3.63) is 0 Å². The molecular formula is C30H57N9O7S. The van der Waals surface area contributed by atoms with Crippen LogP contribution < -0.4 is 43.8 Å². The van der Waals surface area contributed by atoms with Crippen LogP contribution in [0.2, 0.25) is 0 Å². The topological polar surface area (TPSA) is 273 Å². The van der Waals surface area contributed by atoms with E-state index in [9.17, 15) is 33.9 Å². The van der Waals surface area contributed by atoms with E-state index < -0.39 is 71.8 Å². The molecule has 16 nitrogen and oxygen atoms in total. The molecule has 0 aliphatic rings. The number of nitrogens with one attached hydrogen (secondary N) is 5. The number of nitrogens with zero attached hydrogens (tertiary/aromatic N) is 1. The number of nitrogens with two attached hydrogens (primary N) is 3. The first-order chi connectivity index (χ1) is 21.8. The second-order valence-corrected chi connectivity index (χ2v) is 13.3. The van der Waals surface area contributed by atoms with E-state index in [1.54, 1.807) is 0 Å². The molecule has 0 aliphatic heterocycles. The number of hydrogen-bond donors (Lipinski definition) is 10. The van der Waals surface area contributed by atoms with E-state index in [1.165, 1.54) is 6.92 Å². The first-order valence-electron chi connectivity index (χ1n) is 15.9. The Hall–Kier alpha value is -3.60. The lowest BCUT2D eigenvalue weighted by molar-refractivity contribution is -0.141. The number of carbonyl (C=O) groups excluding carboxylic acids is 5. The summed E-state index contributed by atoms with van der Waals surface area (Å²) in [5, 5.41) is 22.3. The van der Waals surface area contributed by atoms with Gasteiger partial charge in [-0.05, 0) is 56.8 Å². The van der Waals surface area contributed by atoms with E-state index in [0.717, 1.165) is 0 Å².